The van der Waals surface area contributed by atoms with Crippen molar-refractivity contribution in [3.8, 4) is 22.6 Å². The summed E-state index contributed by atoms with van der Waals surface area (Å²) in [5.41, 5.74) is 2.26. The molecule has 0 aromatic heterocycles. The van der Waals surface area contributed by atoms with Gasteiger partial charge in [0.25, 0.3) is 0 Å². The summed E-state index contributed by atoms with van der Waals surface area (Å²) in [5, 5.41) is 1.54. The number of fused-ring (bicyclic) bond motifs is 2. The van der Waals surface area contributed by atoms with Gasteiger partial charge in [-0.1, -0.05) is 24.3 Å². The minimum Gasteiger partial charge on any atom is -0.493 e. The number of esters is 1. The molecule has 0 amide bonds. The number of hydrogen-bond donors (Lipinski definition) is 0. The Morgan fingerprint density at radius 2 is 1.46 bits per heavy atom. The van der Waals surface area contributed by atoms with Crippen LogP contribution in [0.1, 0.15) is 73.4 Å². The Morgan fingerprint density at radius 3 is 2.00 bits per heavy atom. The van der Waals surface area contributed by atoms with Gasteiger partial charge in [-0.2, -0.15) is 0 Å². The van der Waals surface area contributed by atoms with E-state index >= 15 is 0 Å². The fourth-order valence-electron chi connectivity index (χ4n) is 4.86. The maximum absolute atomic E-state index is 13.2. The number of methoxy groups -OCH3 is 2. The SMILES string of the molecule is COc1cc2c(CC(C)(C)OC(=O)OC(C)(C)C)c3c(c(-c4ccc(C(C)=O)cc4)c2cc1OC)C(=O)OC3. The predicted molar refractivity (Wildman–Crippen MR) is 147 cm³/mol. The fourth-order valence-corrected chi connectivity index (χ4v) is 4.86. The highest BCUT2D eigenvalue weighted by molar-refractivity contribution is 6.13. The van der Waals surface area contributed by atoms with Crippen molar-refractivity contribution in [3.63, 3.8) is 0 Å². The Balaban J connectivity index is 1.96. The second-order valence-corrected chi connectivity index (χ2v) is 11.2. The van der Waals surface area contributed by atoms with Gasteiger partial charge in [0.05, 0.1) is 19.8 Å². The zero-order chi connectivity index (χ0) is 28.7. The first-order chi connectivity index (χ1) is 18.2. The number of carbonyl (C=O) groups excluding carboxylic acids is 3. The quantitative estimate of drug-likeness (QED) is 0.245. The number of hydrogen-bond acceptors (Lipinski definition) is 8. The highest BCUT2D eigenvalue weighted by atomic mass is 16.7. The van der Waals surface area contributed by atoms with E-state index in [1.165, 1.54) is 6.92 Å². The number of carbonyl (C=O) groups is 3. The van der Waals surface area contributed by atoms with Crippen molar-refractivity contribution in [2.45, 2.75) is 65.8 Å². The molecule has 3 aromatic rings. The third kappa shape index (κ3) is 5.70. The van der Waals surface area contributed by atoms with E-state index in [-0.39, 0.29) is 18.8 Å². The third-order valence-electron chi connectivity index (χ3n) is 6.52. The molecular weight excluding hydrogens is 500 g/mol. The van der Waals surface area contributed by atoms with E-state index < -0.39 is 23.3 Å². The first-order valence-electron chi connectivity index (χ1n) is 12.7. The van der Waals surface area contributed by atoms with E-state index in [0.29, 0.717) is 33.8 Å². The normalized spacial score (nSPS) is 13.1. The molecule has 8 heteroatoms. The molecule has 3 aromatic carbocycles. The Kier molecular flexibility index (Phi) is 7.34. The zero-order valence-electron chi connectivity index (χ0n) is 23.6. The smallest absolute Gasteiger partial charge is 0.493 e. The number of ketones is 1. The van der Waals surface area contributed by atoms with E-state index in [1.807, 2.05) is 24.3 Å². The topological polar surface area (TPSA) is 97.4 Å². The molecule has 0 fully saturated rings. The molecular formula is C31H34O8. The summed E-state index contributed by atoms with van der Waals surface area (Å²) in [6, 6.07) is 10.8. The van der Waals surface area contributed by atoms with E-state index in [0.717, 1.165) is 21.9 Å². The first-order valence-corrected chi connectivity index (χ1v) is 12.7. The lowest BCUT2D eigenvalue weighted by atomic mass is 9.83. The maximum Gasteiger partial charge on any atom is 0.509 e. The van der Waals surface area contributed by atoms with Crippen LogP contribution in [-0.4, -0.2) is 43.3 Å². The lowest BCUT2D eigenvalue weighted by Gasteiger charge is -2.29. The van der Waals surface area contributed by atoms with Gasteiger partial charge < -0.3 is 23.7 Å². The van der Waals surface area contributed by atoms with Crippen molar-refractivity contribution in [2.75, 3.05) is 14.2 Å². The molecule has 0 atom stereocenters. The zero-order valence-corrected chi connectivity index (χ0v) is 23.6. The average Bonchev–Trinajstić information content (AvgIpc) is 3.22. The summed E-state index contributed by atoms with van der Waals surface area (Å²) >= 11 is 0. The highest BCUT2D eigenvalue weighted by Gasteiger charge is 2.35. The summed E-state index contributed by atoms with van der Waals surface area (Å²) < 4.78 is 27.9. The number of rotatable bonds is 7. The first kappa shape index (κ1) is 28.0. The molecule has 4 rings (SSSR count). The lowest BCUT2D eigenvalue weighted by Crippen LogP contribution is -2.34. The summed E-state index contributed by atoms with van der Waals surface area (Å²) in [7, 11) is 3.10. The molecule has 1 aliphatic heterocycles. The van der Waals surface area contributed by atoms with Crippen LogP contribution < -0.4 is 9.47 Å². The molecule has 0 radical (unpaired) electrons. The molecule has 1 aliphatic rings. The van der Waals surface area contributed by atoms with Gasteiger partial charge in [-0.15, -0.1) is 0 Å². The Bertz CT molecular complexity index is 1460. The highest BCUT2D eigenvalue weighted by Crippen LogP contribution is 2.45. The van der Waals surface area contributed by atoms with Gasteiger partial charge in [0.1, 0.15) is 17.8 Å². The van der Waals surface area contributed by atoms with Crippen LogP contribution in [0.2, 0.25) is 0 Å². The molecule has 206 valence electrons. The summed E-state index contributed by atoms with van der Waals surface area (Å²) in [4.78, 5) is 37.6. The summed E-state index contributed by atoms with van der Waals surface area (Å²) in [5.74, 6) is 0.512. The van der Waals surface area contributed by atoms with Crippen LogP contribution >= 0.6 is 0 Å². The van der Waals surface area contributed by atoms with E-state index in [9.17, 15) is 14.4 Å². The van der Waals surface area contributed by atoms with Crippen LogP contribution in [0.15, 0.2) is 36.4 Å². The van der Waals surface area contributed by atoms with E-state index in [4.69, 9.17) is 23.7 Å². The second kappa shape index (κ2) is 10.2. The van der Waals surface area contributed by atoms with E-state index in [1.54, 1.807) is 61.0 Å². The molecule has 0 N–H and O–H groups in total. The van der Waals surface area contributed by atoms with Crippen molar-refractivity contribution in [2.24, 2.45) is 0 Å². The number of cyclic esters (lactones) is 1. The lowest BCUT2D eigenvalue weighted by molar-refractivity contribution is -0.0527. The van der Waals surface area contributed by atoms with Crippen molar-refractivity contribution in [1.29, 1.82) is 0 Å². The Morgan fingerprint density at radius 1 is 0.872 bits per heavy atom. The van der Waals surface area contributed by atoms with Crippen LogP contribution in [0.5, 0.6) is 11.5 Å². The van der Waals surface area contributed by atoms with Crippen LogP contribution in [0.4, 0.5) is 4.79 Å². The molecule has 8 nitrogen and oxygen atoms in total. The van der Waals surface area contributed by atoms with E-state index in [2.05, 4.69) is 0 Å². The molecule has 0 spiro atoms. The van der Waals surface area contributed by atoms with Crippen LogP contribution in [-0.2, 0) is 27.2 Å². The van der Waals surface area contributed by atoms with Crippen molar-refractivity contribution in [1.82, 2.24) is 0 Å². The van der Waals surface area contributed by atoms with Crippen LogP contribution in [0.3, 0.4) is 0 Å². The van der Waals surface area contributed by atoms with Crippen molar-refractivity contribution >= 4 is 28.7 Å². The minimum atomic E-state index is -0.980. The fraction of sp³-hybridized carbons (Fsp3) is 0.387. The average molecular weight is 535 g/mol. The Labute approximate surface area is 228 Å². The molecule has 0 saturated heterocycles. The number of ether oxygens (including phenoxy) is 5. The van der Waals surface area contributed by atoms with Crippen LogP contribution in [0.25, 0.3) is 21.9 Å². The van der Waals surface area contributed by atoms with Gasteiger partial charge in [-0.05, 0) is 75.6 Å². The standard InChI is InChI=1S/C31H34O8/c1-17(32)18-9-11-19(12-10-18)26-21-14-25(36-8)24(35-7)13-20(21)22(23-16-37-28(33)27(23)26)15-31(5,6)39-29(34)38-30(2,3)4/h9-14H,15-16H2,1-8H3. The van der Waals surface area contributed by atoms with Gasteiger partial charge in [0, 0.05) is 23.1 Å². The van der Waals surface area contributed by atoms with Gasteiger partial charge in [-0.3, -0.25) is 4.79 Å². The second-order valence-electron chi connectivity index (χ2n) is 11.2. The Hall–Kier alpha value is -4.07. The maximum atomic E-state index is 13.2. The number of benzene rings is 3. The summed E-state index contributed by atoms with van der Waals surface area (Å²) in [6.07, 6.45) is -0.497. The van der Waals surface area contributed by atoms with Crippen molar-refractivity contribution in [3.05, 3.63) is 58.7 Å². The molecule has 39 heavy (non-hydrogen) atoms. The molecule has 0 saturated carbocycles. The molecule has 0 bridgehead atoms. The van der Waals surface area contributed by atoms with Gasteiger partial charge in [-0.25, -0.2) is 9.59 Å². The third-order valence-corrected chi connectivity index (χ3v) is 6.52. The number of Topliss-reactive ketones (excluding diaryl/α,β-unsaturated/α-hetero) is 1. The van der Waals surface area contributed by atoms with Gasteiger partial charge in [0.15, 0.2) is 17.3 Å². The molecule has 0 aliphatic carbocycles. The molecule has 0 unspecified atom stereocenters. The predicted octanol–water partition coefficient (Wildman–Crippen LogP) is 6.67. The van der Waals surface area contributed by atoms with Crippen LogP contribution in [0, 0.1) is 0 Å². The minimum absolute atomic E-state index is 0.0509. The van der Waals surface area contributed by atoms with Crippen molar-refractivity contribution < 1.29 is 38.1 Å². The summed E-state index contributed by atoms with van der Waals surface area (Å²) in [6.45, 7) is 10.5. The molecule has 1 heterocycles. The van der Waals surface area contributed by atoms with Gasteiger partial charge in [0.2, 0.25) is 0 Å². The van der Waals surface area contributed by atoms with Gasteiger partial charge >= 0.3 is 12.1 Å². The monoisotopic (exact) mass is 534 g/mol. The largest absolute Gasteiger partial charge is 0.509 e.